The third-order valence-electron chi connectivity index (χ3n) is 2.13. The largest absolute Gasteiger partial charge is 0.352 e. The van der Waals surface area contributed by atoms with Crippen LogP contribution in [0, 0.1) is 17.2 Å². The van der Waals surface area contributed by atoms with Gasteiger partial charge in [-0.1, -0.05) is 6.92 Å². The Balaban J connectivity index is 2.26. The Bertz CT molecular complexity index is 203. The molecular weight excluding hydrogens is 152 g/mol. The molecule has 1 rings (SSSR count). The Morgan fingerprint density at radius 3 is 2.83 bits per heavy atom. The maximum atomic E-state index is 11.2. The van der Waals surface area contributed by atoms with Gasteiger partial charge in [-0.25, -0.2) is 0 Å². The summed E-state index contributed by atoms with van der Waals surface area (Å²) in [6.07, 6.45) is 3.31. The van der Waals surface area contributed by atoms with E-state index in [9.17, 15) is 4.79 Å². The lowest BCUT2D eigenvalue weighted by atomic mass is 10.1. The Kier molecular flexibility index (Phi) is 3.09. The topological polar surface area (TPSA) is 52.9 Å². The summed E-state index contributed by atoms with van der Waals surface area (Å²) in [5, 5.41) is 11.3. The van der Waals surface area contributed by atoms with Gasteiger partial charge in [0, 0.05) is 12.0 Å². The quantitative estimate of drug-likeness (QED) is 0.682. The van der Waals surface area contributed by atoms with Crippen LogP contribution in [0.4, 0.5) is 0 Å². The second-order valence-electron chi connectivity index (χ2n) is 3.25. The first-order chi connectivity index (χ1) is 5.77. The van der Waals surface area contributed by atoms with Crippen molar-refractivity contribution >= 4 is 5.91 Å². The summed E-state index contributed by atoms with van der Waals surface area (Å²) in [6.45, 7) is 1.98. The Labute approximate surface area is 72.8 Å². The maximum Gasteiger partial charge on any atom is 0.223 e. The van der Waals surface area contributed by atoms with Crippen molar-refractivity contribution in [3.8, 4) is 6.07 Å². The third kappa shape index (κ3) is 2.54. The molecule has 3 heteroatoms. The standard InChI is InChI=1S/C9H14N2O/c1-2-8(5-6-10)11-9(12)7-3-4-7/h7-8H,2-5H2,1H3,(H,11,12). The number of hydrogen-bond acceptors (Lipinski definition) is 2. The summed E-state index contributed by atoms with van der Waals surface area (Å²) in [6, 6.07) is 2.13. The van der Waals surface area contributed by atoms with E-state index in [1.54, 1.807) is 0 Å². The molecule has 66 valence electrons. The summed E-state index contributed by atoms with van der Waals surface area (Å²) in [7, 11) is 0. The van der Waals surface area contributed by atoms with Crippen LogP contribution in [0.25, 0.3) is 0 Å². The Morgan fingerprint density at radius 2 is 2.42 bits per heavy atom. The van der Waals surface area contributed by atoms with Gasteiger partial charge in [-0.3, -0.25) is 4.79 Å². The molecule has 0 heterocycles. The fourth-order valence-electron chi connectivity index (χ4n) is 1.07. The number of nitrogens with zero attached hydrogens (tertiary/aromatic N) is 1. The molecule has 0 aliphatic heterocycles. The van der Waals surface area contributed by atoms with Crippen molar-refractivity contribution in [2.75, 3.05) is 0 Å². The van der Waals surface area contributed by atoms with Crippen LogP contribution < -0.4 is 5.32 Å². The van der Waals surface area contributed by atoms with E-state index in [-0.39, 0.29) is 17.9 Å². The van der Waals surface area contributed by atoms with Crippen LogP contribution in [0.5, 0.6) is 0 Å². The Hall–Kier alpha value is -1.04. The molecule has 1 unspecified atom stereocenters. The van der Waals surface area contributed by atoms with Crippen molar-refractivity contribution in [2.45, 2.75) is 38.6 Å². The summed E-state index contributed by atoms with van der Waals surface area (Å²) in [5.74, 6) is 0.384. The normalized spacial score (nSPS) is 18.0. The maximum absolute atomic E-state index is 11.2. The van der Waals surface area contributed by atoms with Crippen LogP contribution in [0.1, 0.15) is 32.6 Å². The van der Waals surface area contributed by atoms with Crippen LogP contribution >= 0.6 is 0 Å². The molecule has 1 amide bonds. The monoisotopic (exact) mass is 166 g/mol. The SMILES string of the molecule is CCC(CC#N)NC(=O)C1CC1. The molecule has 0 aromatic carbocycles. The van der Waals surface area contributed by atoms with Gasteiger partial charge in [-0.05, 0) is 19.3 Å². The molecule has 1 saturated carbocycles. The molecule has 0 bridgehead atoms. The van der Waals surface area contributed by atoms with E-state index in [1.807, 2.05) is 6.92 Å². The molecule has 1 aliphatic carbocycles. The fourth-order valence-corrected chi connectivity index (χ4v) is 1.07. The molecule has 0 spiro atoms. The van der Waals surface area contributed by atoms with Crippen LogP contribution in [0.2, 0.25) is 0 Å². The highest BCUT2D eigenvalue weighted by molar-refractivity contribution is 5.81. The van der Waals surface area contributed by atoms with Crippen LogP contribution in [0.15, 0.2) is 0 Å². The second-order valence-corrected chi connectivity index (χ2v) is 3.25. The van der Waals surface area contributed by atoms with Gasteiger partial charge < -0.3 is 5.32 Å². The fraction of sp³-hybridized carbons (Fsp3) is 0.778. The summed E-state index contributed by atoms with van der Waals surface area (Å²) < 4.78 is 0. The summed E-state index contributed by atoms with van der Waals surface area (Å²) in [4.78, 5) is 11.2. The van der Waals surface area contributed by atoms with Crippen molar-refractivity contribution in [2.24, 2.45) is 5.92 Å². The van der Waals surface area contributed by atoms with Crippen LogP contribution in [-0.2, 0) is 4.79 Å². The number of amides is 1. The minimum Gasteiger partial charge on any atom is -0.352 e. The molecule has 0 aromatic rings. The van der Waals surface area contributed by atoms with E-state index in [0.29, 0.717) is 6.42 Å². The number of nitrogens with one attached hydrogen (secondary N) is 1. The zero-order chi connectivity index (χ0) is 8.97. The van der Waals surface area contributed by atoms with Gasteiger partial charge in [0.2, 0.25) is 5.91 Å². The summed E-state index contributed by atoms with van der Waals surface area (Å²) in [5.41, 5.74) is 0. The van der Waals surface area contributed by atoms with Gasteiger partial charge in [0.05, 0.1) is 12.5 Å². The molecular formula is C9H14N2O. The first kappa shape index (κ1) is 9.05. The minimum atomic E-state index is 0.0584. The van der Waals surface area contributed by atoms with Gasteiger partial charge in [0.25, 0.3) is 0 Å². The zero-order valence-corrected chi connectivity index (χ0v) is 7.34. The molecule has 1 N–H and O–H groups in total. The summed E-state index contributed by atoms with van der Waals surface area (Å²) >= 11 is 0. The number of hydrogen-bond donors (Lipinski definition) is 1. The van der Waals surface area contributed by atoms with Crippen molar-refractivity contribution in [3.05, 3.63) is 0 Å². The molecule has 1 aliphatic rings. The average Bonchev–Trinajstić information content (AvgIpc) is 2.85. The number of carbonyl (C=O) groups is 1. The highest BCUT2D eigenvalue weighted by Crippen LogP contribution is 2.29. The van der Waals surface area contributed by atoms with E-state index in [1.165, 1.54) is 0 Å². The lowest BCUT2D eigenvalue weighted by Crippen LogP contribution is -2.35. The number of nitriles is 1. The predicted octanol–water partition coefficient (Wildman–Crippen LogP) is 1.20. The van der Waals surface area contributed by atoms with Crippen molar-refractivity contribution in [1.82, 2.24) is 5.32 Å². The smallest absolute Gasteiger partial charge is 0.223 e. The van der Waals surface area contributed by atoms with Gasteiger partial charge in [-0.2, -0.15) is 5.26 Å². The molecule has 0 saturated heterocycles. The molecule has 0 radical (unpaired) electrons. The van der Waals surface area contributed by atoms with Gasteiger partial charge >= 0.3 is 0 Å². The van der Waals surface area contributed by atoms with E-state index in [4.69, 9.17) is 5.26 Å². The highest BCUT2D eigenvalue weighted by atomic mass is 16.2. The second kappa shape index (κ2) is 4.10. The minimum absolute atomic E-state index is 0.0584. The first-order valence-electron chi connectivity index (χ1n) is 4.45. The molecule has 0 aromatic heterocycles. The van der Waals surface area contributed by atoms with Crippen molar-refractivity contribution in [3.63, 3.8) is 0 Å². The first-order valence-corrected chi connectivity index (χ1v) is 4.45. The van der Waals surface area contributed by atoms with Gasteiger partial charge in [0.1, 0.15) is 0 Å². The van der Waals surface area contributed by atoms with E-state index in [0.717, 1.165) is 19.3 Å². The van der Waals surface area contributed by atoms with Gasteiger partial charge in [0.15, 0.2) is 0 Å². The van der Waals surface area contributed by atoms with Crippen molar-refractivity contribution in [1.29, 1.82) is 5.26 Å². The predicted molar refractivity (Wildman–Crippen MR) is 45.2 cm³/mol. The highest BCUT2D eigenvalue weighted by Gasteiger charge is 2.30. The lowest BCUT2D eigenvalue weighted by molar-refractivity contribution is -0.123. The number of rotatable bonds is 4. The molecule has 3 nitrogen and oxygen atoms in total. The molecule has 1 atom stereocenters. The average molecular weight is 166 g/mol. The van der Waals surface area contributed by atoms with Crippen LogP contribution in [-0.4, -0.2) is 11.9 Å². The number of carbonyl (C=O) groups excluding carboxylic acids is 1. The van der Waals surface area contributed by atoms with E-state index in [2.05, 4.69) is 11.4 Å². The molecule has 12 heavy (non-hydrogen) atoms. The zero-order valence-electron chi connectivity index (χ0n) is 7.34. The lowest BCUT2D eigenvalue weighted by Gasteiger charge is -2.12. The van der Waals surface area contributed by atoms with Crippen molar-refractivity contribution < 1.29 is 4.79 Å². The van der Waals surface area contributed by atoms with E-state index >= 15 is 0 Å². The molecule has 1 fully saturated rings. The Morgan fingerprint density at radius 1 is 1.75 bits per heavy atom. The van der Waals surface area contributed by atoms with E-state index < -0.39 is 0 Å². The van der Waals surface area contributed by atoms with Crippen LogP contribution in [0.3, 0.4) is 0 Å². The third-order valence-corrected chi connectivity index (χ3v) is 2.13. The van der Waals surface area contributed by atoms with Gasteiger partial charge in [-0.15, -0.1) is 0 Å².